The molecule has 0 atom stereocenters. The maximum Gasteiger partial charge on any atom is 0.232 e. The van der Waals surface area contributed by atoms with Gasteiger partial charge in [-0.2, -0.15) is 5.26 Å². The molecule has 0 unspecified atom stereocenters. The van der Waals surface area contributed by atoms with Crippen LogP contribution in [0.5, 0.6) is 0 Å². The number of hydrogen-bond acceptors (Lipinski definition) is 8. The largest absolute Gasteiger partial charge is 0.303 e. The Morgan fingerprint density at radius 3 is 1.43 bits per heavy atom. The minimum atomic E-state index is 0.215. The Morgan fingerprint density at radius 2 is 1.09 bits per heavy atom. The quantitative estimate of drug-likeness (QED) is 0.756. The molecule has 0 aromatic carbocycles. The lowest BCUT2D eigenvalue weighted by Gasteiger charge is -2.01. The van der Waals surface area contributed by atoms with Crippen molar-refractivity contribution in [3.8, 4) is 6.07 Å². The average molecular weight is 306 g/mol. The third-order valence-electron chi connectivity index (χ3n) is 2.47. The van der Waals surface area contributed by atoms with E-state index in [1.165, 1.54) is 12.4 Å². The Bertz CT molecular complexity index is 673. The van der Waals surface area contributed by atoms with Gasteiger partial charge in [0, 0.05) is 37.2 Å². The standard InChI is InChI=1S/C10H11N5.C5H3N3/c1-3-12-9(13-4-1)7-11-8-10-14-5-2-6-15-10;6-4-5-7-2-1-3-8-5/h1-6,11H,7-8H2;1-3H. The molecule has 0 saturated carbocycles. The van der Waals surface area contributed by atoms with Crippen molar-refractivity contribution in [3.05, 3.63) is 72.9 Å². The van der Waals surface area contributed by atoms with Crippen molar-refractivity contribution >= 4 is 0 Å². The van der Waals surface area contributed by atoms with Gasteiger partial charge in [-0.3, -0.25) is 0 Å². The fourth-order valence-electron chi connectivity index (χ4n) is 1.49. The van der Waals surface area contributed by atoms with E-state index in [0.717, 1.165) is 11.6 Å². The van der Waals surface area contributed by atoms with Crippen LogP contribution in [0, 0.1) is 11.3 Å². The molecule has 0 aliphatic heterocycles. The molecule has 23 heavy (non-hydrogen) atoms. The molecule has 0 amide bonds. The Kier molecular flexibility index (Phi) is 6.70. The predicted molar refractivity (Wildman–Crippen MR) is 81.4 cm³/mol. The van der Waals surface area contributed by atoms with Gasteiger partial charge in [0.25, 0.3) is 0 Å². The summed E-state index contributed by atoms with van der Waals surface area (Å²) in [6.45, 7) is 1.25. The maximum absolute atomic E-state index is 8.16. The highest BCUT2D eigenvalue weighted by atomic mass is 15.0. The molecule has 0 radical (unpaired) electrons. The lowest BCUT2D eigenvalue weighted by atomic mass is 10.5. The molecule has 3 aromatic rings. The van der Waals surface area contributed by atoms with E-state index >= 15 is 0 Å². The predicted octanol–water partition coefficient (Wildman–Crippen LogP) is 0.905. The van der Waals surface area contributed by atoms with Gasteiger partial charge in [0.2, 0.25) is 5.82 Å². The number of nitrogens with one attached hydrogen (secondary N) is 1. The van der Waals surface area contributed by atoms with E-state index in [1.54, 1.807) is 49.1 Å². The third-order valence-corrected chi connectivity index (χ3v) is 2.47. The van der Waals surface area contributed by atoms with Crippen molar-refractivity contribution in [2.24, 2.45) is 0 Å². The smallest absolute Gasteiger partial charge is 0.232 e. The summed E-state index contributed by atoms with van der Waals surface area (Å²) in [6, 6.07) is 7.06. The fraction of sp³-hybridized carbons (Fsp3) is 0.133. The molecule has 3 heterocycles. The van der Waals surface area contributed by atoms with E-state index in [1.807, 2.05) is 0 Å². The first-order valence-electron chi connectivity index (χ1n) is 6.78. The summed E-state index contributed by atoms with van der Waals surface area (Å²) in [5.74, 6) is 1.76. The maximum atomic E-state index is 8.16. The minimum absolute atomic E-state index is 0.215. The molecule has 0 fully saturated rings. The van der Waals surface area contributed by atoms with Crippen molar-refractivity contribution in [2.75, 3.05) is 0 Å². The highest BCUT2D eigenvalue weighted by Crippen LogP contribution is 1.89. The highest BCUT2D eigenvalue weighted by Gasteiger charge is 1.96. The van der Waals surface area contributed by atoms with Crippen molar-refractivity contribution in [3.63, 3.8) is 0 Å². The number of hydrogen-bond donors (Lipinski definition) is 1. The van der Waals surface area contributed by atoms with Crippen LogP contribution >= 0.6 is 0 Å². The van der Waals surface area contributed by atoms with Gasteiger partial charge in [-0.25, -0.2) is 29.9 Å². The van der Waals surface area contributed by atoms with Gasteiger partial charge < -0.3 is 5.32 Å². The van der Waals surface area contributed by atoms with Crippen LogP contribution < -0.4 is 5.32 Å². The summed E-state index contributed by atoms with van der Waals surface area (Å²) in [5, 5.41) is 11.3. The van der Waals surface area contributed by atoms with Gasteiger partial charge in [-0.1, -0.05) is 0 Å². The fourth-order valence-corrected chi connectivity index (χ4v) is 1.49. The van der Waals surface area contributed by atoms with Crippen LogP contribution in [0.15, 0.2) is 55.4 Å². The van der Waals surface area contributed by atoms with E-state index in [9.17, 15) is 0 Å². The Hall–Kier alpha value is -3.31. The lowest BCUT2D eigenvalue weighted by Crippen LogP contribution is -2.16. The summed E-state index contributed by atoms with van der Waals surface area (Å²) in [5.41, 5.74) is 0. The molecule has 3 rings (SSSR count). The highest BCUT2D eigenvalue weighted by molar-refractivity contribution is 5.07. The number of nitrogens with zero attached hydrogens (tertiary/aromatic N) is 7. The summed E-state index contributed by atoms with van der Waals surface area (Å²) >= 11 is 0. The van der Waals surface area contributed by atoms with E-state index in [-0.39, 0.29) is 5.82 Å². The van der Waals surface area contributed by atoms with E-state index in [4.69, 9.17) is 5.26 Å². The first kappa shape index (κ1) is 16.1. The van der Waals surface area contributed by atoms with Gasteiger partial charge in [-0.15, -0.1) is 0 Å². The Labute approximate surface area is 133 Å². The van der Waals surface area contributed by atoms with Gasteiger partial charge in [0.15, 0.2) is 0 Å². The van der Waals surface area contributed by atoms with Crippen molar-refractivity contribution < 1.29 is 0 Å². The van der Waals surface area contributed by atoms with Crippen molar-refractivity contribution in [2.45, 2.75) is 13.1 Å². The molecule has 0 spiro atoms. The van der Waals surface area contributed by atoms with Gasteiger partial charge in [0.05, 0.1) is 13.1 Å². The summed E-state index contributed by atoms with van der Waals surface area (Å²) in [6.07, 6.45) is 9.97. The summed E-state index contributed by atoms with van der Waals surface area (Å²) in [4.78, 5) is 23.6. The van der Waals surface area contributed by atoms with Gasteiger partial charge in [0.1, 0.15) is 17.7 Å². The molecule has 3 aromatic heterocycles. The molecule has 0 bridgehead atoms. The zero-order valence-electron chi connectivity index (χ0n) is 12.2. The first-order valence-corrected chi connectivity index (χ1v) is 6.78. The van der Waals surface area contributed by atoms with Crippen molar-refractivity contribution in [1.82, 2.24) is 35.2 Å². The van der Waals surface area contributed by atoms with Gasteiger partial charge >= 0.3 is 0 Å². The second-order valence-electron chi connectivity index (χ2n) is 4.12. The zero-order chi connectivity index (χ0) is 16.2. The molecule has 114 valence electrons. The van der Waals surface area contributed by atoms with Crippen LogP contribution in [0.1, 0.15) is 17.5 Å². The van der Waals surface area contributed by atoms with E-state index in [2.05, 4.69) is 35.2 Å². The normalized spacial score (nSPS) is 9.35. The van der Waals surface area contributed by atoms with Crippen LogP contribution in [0.2, 0.25) is 0 Å². The monoisotopic (exact) mass is 306 g/mol. The molecular formula is C15H14N8. The average Bonchev–Trinajstić information content (AvgIpc) is 2.65. The number of rotatable bonds is 4. The molecule has 8 nitrogen and oxygen atoms in total. The second-order valence-corrected chi connectivity index (χ2v) is 4.12. The van der Waals surface area contributed by atoms with E-state index in [0.29, 0.717) is 13.1 Å². The number of nitriles is 1. The molecule has 8 heteroatoms. The minimum Gasteiger partial charge on any atom is -0.303 e. The van der Waals surface area contributed by atoms with Crippen LogP contribution in [-0.4, -0.2) is 29.9 Å². The zero-order valence-corrected chi connectivity index (χ0v) is 12.2. The van der Waals surface area contributed by atoms with Crippen LogP contribution in [-0.2, 0) is 13.1 Å². The summed E-state index contributed by atoms with van der Waals surface area (Å²) in [7, 11) is 0. The van der Waals surface area contributed by atoms with Gasteiger partial charge in [-0.05, 0) is 18.2 Å². The van der Waals surface area contributed by atoms with Crippen LogP contribution in [0.25, 0.3) is 0 Å². The first-order chi connectivity index (χ1) is 11.4. The Morgan fingerprint density at radius 1 is 0.696 bits per heavy atom. The molecule has 0 aliphatic carbocycles. The lowest BCUT2D eigenvalue weighted by molar-refractivity contribution is 0.638. The van der Waals surface area contributed by atoms with Crippen LogP contribution in [0.4, 0.5) is 0 Å². The topological polar surface area (TPSA) is 113 Å². The molecule has 1 N–H and O–H groups in total. The molecular weight excluding hydrogens is 292 g/mol. The van der Waals surface area contributed by atoms with Crippen molar-refractivity contribution in [1.29, 1.82) is 5.26 Å². The van der Waals surface area contributed by atoms with Crippen LogP contribution in [0.3, 0.4) is 0 Å². The SMILES string of the molecule is N#Cc1ncccn1.c1cnc(CNCc2ncccn2)nc1. The Balaban J connectivity index is 0.000000203. The summed E-state index contributed by atoms with van der Waals surface area (Å²) < 4.78 is 0. The molecule has 0 aliphatic rings. The number of aromatic nitrogens is 6. The molecule has 0 saturated heterocycles. The second kappa shape index (κ2) is 9.59. The third kappa shape index (κ3) is 6.33. The van der Waals surface area contributed by atoms with E-state index < -0.39 is 0 Å².